The predicted octanol–water partition coefficient (Wildman–Crippen LogP) is 0.424. The van der Waals surface area contributed by atoms with Gasteiger partial charge in [0.2, 0.25) is 5.91 Å². The third-order valence-electron chi connectivity index (χ3n) is 4.81. The Balaban J connectivity index is 0.00000161. The fraction of sp³-hybridized carbons (Fsp3) is 0.857. The van der Waals surface area contributed by atoms with Gasteiger partial charge in [0.05, 0.1) is 6.04 Å². The summed E-state index contributed by atoms with van der Waals surface area (Å²) in [6.07, 6.45) is 4.07. The zero-order valence-corrected chi connectivity index (χ0v) is 13.2. The predicted molar refractivity (Wildman–Crippen MR) is 82.5 cm³/mol. The van der Waals surface area contributed by atoms with Gasteiger partial charge in [-0.2, -0.15) is 0 Å². The summed E-state index contributed by atoms with van der Waals surface area (Å²) >= 11 is 0. The molecule has 3 rings (SSSR count). The van der Waals surface area contributed by atoms with E-state index >= 15 is 0 Å². The number of piperazine rings is 1. The van der Waals surface area contributed by atoms with Crippen LogP contribution >= 0.6 is 12.4 Å². The van der Waals surface area contributed by atoms with Crippen molar-refractivity contribution in [1.82, 2.24) is 20.4 Å². The van der Waals surface area contributed by atoms with E-state index in [0.717, 1.165) is 19.5 Å². The summed E-state index contributed by atoms with van der Waals surface area (Å²) in [7, 11) is 0. The lowest BCUT2D eigenvalue weighted by Gasteiger charge is -2.36. The topological polar surface area (TPSA) is 64.7 Å². The minimum absolute atomic E-state index is 0. The van der Waals surface area contributed by atoms with Crippen molar-refractivity contribution in [2.75, 3.05) is 39.3 Å². The Kier molecular flexibility index (Phi) is 5.70. The van der Waals surface area contributed by atoms with Crippen LogP contribution in [-0.4, -0.2) is 67.0 Å². The van der Waals surface area contributed by atoms with Crippen molar-refractivity contribution >= 4 is 24.3 Å². The van der Waals surface area contributed by atoms with E-state index in [1.54, 1.807) is 0 Å². The first-order valence-electron chi connectivity index (χ1n) is 7.77. The highest BCUT2D eigenvalue weighted by atomic mass is 35.5. The van der Waals surface area contributed by atoms with Crippen LogP contribution < -0.4 is 10.6 Å². The smallest absolute Gasteiger partial charge is 0.317 e. The van der Waals surface area contributed by atoms with Gasteiger partial charge in [0.1, 0.15) is 0 Å². The maximum Gasteiger partial charge on any atom is 0.317 e. The molecule has 0 aromatic carbocycles. The minimum atomic E-state index is 0. The molecule has 120 valence electrons. The number of hydrogen-bond donors (Lipinski definition) is 2. The lowest BCUT2D eigenvalue weighted by Crippen LogP contribution is -2.53. The molecule has 0 radical (unpaired) electrons. The number of piperidine rings is 1. The third kappa shape index (κ3) is 3.80. The molecule has 2 N–H and O–H groups in total. The summed E-state index contributed by atoms with van der Waals surface area (Å²) in [5, 5.41) is 6.20. The van der Waals surface area contributed by atoms with Crippen LogP contribution in [0, 0.1) is 5.92 Å². The van der Waals surface area contributed by atoms with Gasteiger partial charge >= 0.3 is 6.03 Å². The number of carbonyl (C=O) groups is 2. The van der Waals surface area contributed by atoms with E-state index in [2.05, 4.69) is 10.6 Å². The lowest BCUT2D eigenvalue weighted by atomic mass is 9.93. The molecule has 6 nitrogen and oxygen atoms in total. The first-order chi connectivity index (χ1) is 9.74. The quantitative estimate of drug-likeness (QED) is 0.793. The van der Waals surface area contributed by atoms with Crippen LogP contribution in [0.4, 0.5) is 4.79 Å². The summed E-state index contributed by atoms with van der Waals surface area (Å²) in [5.74, 6) is 0.971. The fourth-order valence-electron chi connectivity index (χ4n) is 3.49. The minimum Gasteiger partial charge on any atom is -0.339 e. The van der Waals surface area contributed by atoms with E-state index in [9.17, 15) is 9.59 Å². The summed E-state index contributed by atoms with van der Waals surface area (Å²) in [4.78, 5) is 27.6. The number of halogens is 1. The second kappa shape index (κ2) is 7.31. The zero-order valence-electron chi connectivity index (χ0n) is 12.3. The molecular weight excluding hydrogens is 292 g/mol. The van der Waals surface area contributed by atoms with Gasteiger partial charge in [-0.15, -0.1) is 12.4 Å². The van der Waals surface area contributed by atoms with Crippen LogP contribution in [0.1, 0.15) is 25.7 Å². The van der Waals surface area contributed by atoms with E-state index in [1.807, 2.05) is 9.80 Å². The second-order valence-electron chi connectivity index (χ2n) is 6.11. The van der Waals surface area contributed by atoms with E-state index < -0.39 is 0 Å². The van der Waals surface area contributed by atoms with Crippen LogP contribution in [0.25, 0.3) is 0 Å². The number of hydrogen-bond acceptors (Lipinski definition) is 3. The Morgan fingerprint density at radius 3 is 2.76 bits per heavy atom. The van der Waals surface area contributed by atoms with Crippen molar-refractivity contribution < 1.29 is 9.59 Å². The maximum absolute atomic E-state index is 12.3. The molecular formula is C14H25ClN4O2. The Morgan fingerprint density at radius 2 is 2.00 bits per heavy atom. The van der Waals surface area contributed by atoms with E-state index in [4.69, 9.17) is 0 Å². The Bertz CT molecular complexity index is 387. The van der Waals surface area contributed by atoms with Crippen LogP contribution in [0.15, 0.2) is 0 Å². The van der Waals surface area contributed by atoms with E-state index in [1.165, 1.54) is 12.8 Å². The van der Waals surface area contributed by atoms with Crippen molar-refractivity contribution in [1.29, 1.82) is 0 Å². The van der Waals surface area contributed by atoms with Gasteiger partial charge in [-0.25, -0.2) is 4.79 Å². The van der Waals surface area contributed by atoms with E-state index in [-0.39, 0.29) is 30.4 Å². The molecule has 3 aliphatic heterocycles. The van der Waals surface area contributed by atoms with Gasteiger partial charge < -0.3 is 20.4 Å². The molecule has 7 heteroatoms. The Hall–Kier alpha value is -1.01. The van der Waals surface area contributed by atoms with Gasteiger partial charge in [0.15, 0.2) is 0 Å². The maximum atomic E-state index is 12.3. The van der Waals surface area contributed by atoms with Crippen molar-refractivity contribution in [3.63, 3.8) is 0 Å². The molecule has 0 spiro atoms. The monoisotopic (exact) mass is 316 g/mol. The van der Waals surface area contributed by atoms with Crippen molar-refractivity contribution in [3.8, 4) is 0 Å². The van der Waals surface area contributed by atoms with Crippen LogP contribution in [0.3, 0.4) is 0 Å². The molecule has 0 aromatic rings. The van der Waals surface area contributed by atoms with Gasteiger partial charge in [0, 0.05) is 32.6 Å². The average molecular weight is 317 g/mol. The fourth-order valence-corrected chi connectivity index (χ4v) is 3.49. The number of urea groups is 1. The molecule has 3 heterocycles. The Labute approximate surface area is 132 Å². The molecule has 0 aromatic heterocycles. The van der Waals surface area contributed by atoms with Gasteiger partial charge in [0.25, 0.3) is 0 Å². The number of fused-ring (bicyclic) bond motifs is 1. The standard InChI is InChI=1S/C14H24N4O2.ClH/c19-13(2-1-11-3-5-15-6-4-11)17-7-8-18-12(10-17)9-16-14(18)20;/h11-12,15H,1-10H2,(H,16,20);1H. The highest BCUT2D eigenvalue weighted by Gasteiger charge is 2.36. The lowest BCUT2D eigenvalue weighted by molar-refractivity contribution is -0.133. The van der Waals surface area contributed by atoms with Crippen LogP contribution in [0.5, 0.6) is 0 Å². The molecule has 0 saturated carbocycles. The highest BCUT2D eigenvalue weighted by Crippen LogP contribution is 2.20. The number of carbonyl (C=O) groups excluding carboxylic acids is 2. The summed E-state index contributed by atoms with van der Waals surface area (Å²) in [6, 6.07) is 0.205. The van der Waals surface area contributed by atoms with Gasteiger partial charge in [-0.3, -0.25) is 4.79 Å². The first-order valence-corrected chi connectivity index (χ1v) is 7.77. The number of nitrogens with zero attached hydrogens (tertiary/aromatic N) is 2. The van der Waals surface area contributed by atoms with Crippen LogP contribution in [0.2, 0.25) is 0 Å². The summed E-state index contributed by atoms with van der Waals surface area (Å²) < 4.78 is 0. The SMILES string of the molecule is Cl.O=C(CCC1CCNCC1)N1CCN2C(=O)NCC2C1. The summed E-state index contributed by atoms with van der Waals surface area (Å²) in [5.41, 5.74) is 0. The van der Waals surface area contributed by atoms with E-state index in [0.29, 0.717) is 38.5 Å². The normalized spacial score (nSPS) is 26.1. The van der Waals surface area contributed by atoms with Gasteiger partial charge in [-0.1, -0.05) is 0 Å². The highest BCUT2D eigenvalue weighted by molar-refractivity contribution is 5.85. The number of nitrogens with one attached hydrogen (secondary N) is 2. The molecule has 3 amide bonds. The second-order valence-corrected chi connectivity index (χ2v) is 6.11. The molecule has 0 bridgehead atoms. The van der Waals surface area contributed by atoms with Crippen molar-refractivity contribution in [3.05, 3.63) is 0 Å². The molecule has 21 heavy (non-hydrogen) atoms. The number of amides is 3. The zero-order chi connectivity index (χ0) is 13.9. The van der Waals surface area contributed by atoms with Crippen molar-refractivity contribution in [2.45, 2.75) is 31.7 Å². The first kappa shape index (κ1) is 16.4. The molecule has 3 aliphatic rings. The molecule has 3 fully saturated rings. The van der Waals surface area contributed by atoms with Crippen LogP contribution in [-0.2, 0) is 4.79 Å². The number of rotatable bonds is 3. The molecule has 3 saturated heterocycles. The summed E-state index contributed by atoms with van der Waals surface area (Å²) in [6.45, 7) is 4.92. The average Bonchev–Trinajstić information content (AvgIpc) is 2.87. The molecule has 1 atom stereocenters. The van der Waals surface area contributed by atoms with Crippen molar-refractivity contribution in [2.24, 2.45) is 5.92 Å². The Morgan fingerprint density at radius 1 is 1.24 bits per heavy atom. The molecule has 0 aliphatic carbocycles. The third-order valence-corrected chi connectivity index (χ3v) is 4.81. The largest absolute Gasteiger partial charge is 0.339 e. The molecule has 1 unspecified atom stereocenters. The van der Waals surface area contributed by atoms with Gasteiger partial charge in [-0.05, 0) is 38.3 Å².